The smallest absolute Gasteiger partial charge is 0.554 e. The summed E-state index contributed by atoms with van der Waals surface area (Å²) in [4.78, 5) is 49.9. The van der Waals surface area contributed by atoms with Crippen molar-refractivity contribution in [3.63, 3.8) is 0 Å². The van der Waals surface area contributed by atoms with Gasteiger partial charge in [-0.05, 0) is 0 Å². The van der Waals surface area contributed by atoms with Crippen molar-refractivity contribution in [2.45, 2.75) is 0 Å². The van der Waals surface area contributed by atoms with Crippen LogP contribution in [0.5, 0.6) is 0 Å². The molecule has 4 N–H and O–H groups in total. The number of carbonyl (C=O) groups excluding carboxylic acids is 2. The maximum Gasteiger partial charge on any atom is 2.00 e. The molecule has 0 aliphatic rings. The summed E-state index contributed by atoms with van der Waals surface area (Å²) in [5, 5.41) is 44.1. The molecule has 0 amide bonds. The molecule has 114 valence electrons. The summed E-state index contributed by atoms with van der Waals surface area (Å²) in [5.41, 5.74) is 0. The van der Waals surface area contributed by atoms with Crippen LogP contribution in [0.2, 0.25) is 0 Å². The monoisotopic (exact) mass is 396 g/mol. The Balaban J connectivity index is -0.0000000141. The minimum Gasteiger partial charge on any atom is -0.554 e. The summed E-state index contributed by atoms with van der Waals surface area (Å²) in [7, 11) is 0. The Morgan fingerprint density at radius 1 is 0.550 bits per heavy atom. The van der Waals surface area contributed by atoms with E-state index in [0.717, 1.165) is 0 Å². The van der Waals surface area contributed by atoms with E-state index in [9.17, 15) is 0 Å². The molecule has 0 heterocycles. The number of hydrogen-bond donors (Lipinski definition) is 4. The van der Waals surface area contributed by atoms with Gasteiger partial charge in [0.05, 0.1) is 0 Å². The fourth-order valence-electron chi connectivity index (χ4n) is 0. The van der Waals surface area contributed by atoms with E-state index in [0.29, 0.717) is 0 Å². The van der Waals surface area contributed by atoms with Crippen LogP contribution >= 0.6 is 0 Å². The molecule has 0 saturated carbocycles. The second-order valence-electron chi connectivity index (χ2n) is 0.614. The number of rotatable bonds is 0. The first-order valence-corrected chi connectivity index (χ1v) is 2.92. The van der Waals surface area contributed by atoms with Crippen molar-refractivity contribution in [2.24, 2.45) is 0 Å². The summed E-state index contributed by atoms with van der Waals surface area (Å²) in [6.45, 7) is -2.00. The van der Waals surface area contributed by atoms with Gasteiger partial charge in [-0.15, -0.1) is 0 Å². The molecule has 20 heavy (non-hydrogen) atoms. The quantitative estimate of drug-likeness (QED) is 0.224. The average molecular weight is 394 g/mol. The minimum atomic E-state index is -0.500. The van der Waals surface area contributed by atoms with Crippen LogP contribution in [0.15, 0.2) is 0 Å². The molecule has 0 radical (unpaired) electrons. The van der Waals surface area contributed by atoms with Gasteiger partial charge >= 0.3 is 23.1 Å². The van der Waals surface area contributed by atoms with Crippen LogP contribution < -0.4 is 10.2 Å². The van der Waals surface area contributed by atoms with Crippen molar-refractivity contribution in [3.05, 3.63) is 0 Å². The molecule has 0 spiro atoms. The minimum absolute atomic E-state index is 0. The van der Waals surface area contributed by atoms with Crippen molar-refractivity contribution in [2.75, 3.05) is 0 Å². The Morgan fingerprint density at radius 2 is 0.550 bits per heavy atom. The van der Waals surface area contributed by atoms with Crippen LogP contribution in [0.25, 0.3) is 0 Å². The third kappa shape index (κ3) is 1280. The fourth-order valence-corrected chi connectivity index (χ4v) is 0. The van der Waals surface area contributed by atoms with Gasteiger partial charge in [-0.1, -0.05) is 0 Å². The van der Waals surface area contributed by atoms with Gasteiger partial charge in [-0.25, -0.2) is 0 Å². The summed E-state index contributed by atoms with van der Waals surface area (Å²) >= 11 is 0. The summed E-state index contributed by atoms with van der Waals surface area (Å²) in [6, 6.07) is 0. The number of carbonyl (C=O) groups is 6. The van der Waals surface area contributed by atoms with Crippen molar-refractivity contribution < 1.29 is 80.5 Å². The second kappa shape index (κ2) is 250. The van der Waals surface area contributed by atoms with Gasteiger partial charge < -0.3 is 40.2 Å². The first-order chi connectivity index (χ1) is 8.49. The zero-order valence-corrected chi connectivity index (χ0v) is 13.1. The van der Waals surface area contributed by atoms with Crippen LogP contribution in [-0.2, 0) is 49.8 Å². The molecule has 0 atom stereocenters. The van der Waals surface area contributed by atoms with E-state index in [1.54, 1.807) is 0 Å². The molecule has 0 unspecified atom stereocenters. The number of carboxylic acid groups (broad SMARTS) is 6. The van der Waals surface area contributed by atoms with E-state index in [1.807, 2.05) is 0 Å². The van der Waals surface area contributed by atoms with Crippen LogP contribution in [-0.4, -0.2) is 82.3 Å². The Bertz CT molecular complexity index is 119. The summed E-state index contributed by atoms with van der Waals surface area (Å²) in [6.07, 6.45) is 0. The van der Waals surface area contributed by atoms with E-state index in [-0.39, 0.29) is 70.0 Å². The largest absolute Gasteiger partial charge is 2.00 e. The molecule has 0 bridgehead atoms. The molecule has 12 nitrogen and oxygen atoms in total. The topological polar surface area (TPSA) is 229 Å². The van der Waals surface area contributed by atoms with Gasteiger partial charge in [-0.2, -0.15) is 0 Å². The SMILES string of the molecule is O=CO.O=CO.O=CO.O=CO.O=C[O-].O=C[O-].[Mg+2].[Mo]. The van der Waals surface area contributed by atoms with Gasteiger partial charge in [-0.3, -0.25) is 19.2 Å². The predicted molar refractivity (Wildman–Crippen MR) is 52.7 cm³/mol. The molecule has 14 heteroatoms. The van der Waals surface area contributed by atoms with Gasteiger partial charge in [0.2, 0.25) is 0 Å². The zero-order valence-electron chi connectivity index (χ0n) is 9.63. The Hall–Kier alpha value is -1.73. The summed E-state index contributed by atoms with van der Waals surface area (Å²) in [5.74, 6) is 0. The van der Waals surface area contributed by atoms with Crippen LogP contribution in [0.3, 0.4) is 0 Å². The zero-order chi connectivity index (χ0) is 16.2. The Morgan fingerprint density at radius 3 is 0.550 bits per heavy atom. The van der Waals surface area contributed by atoms with E-state index < -0.39 is 12.9 Å². The van der Waals surface area contributed by atoms with Crippen molar-refractivity contribution in [1.29, 1.82) is 0 Å². The molecule has 0 aliphatic heterocycles. The molecule has 0 aromatic rings. The molecule has 0 rings (SSSR count). The Labute approximate surface area is 142 Å². The molecule has 0 aliphatic carbocycles. The number of hydrogen-bond acceptors (Lipinski definition) is 8. The van der Waals surface area contributed by atoms with E-state index in [4.69, 9.17) is 59.4 Å². The van der Waals surface area contributed by atoms with Crippen molar-refractivity contribution >= 4 is 61.9 Å². The van der Waals surface area contributed by atoms with E-state index in [2.05, 4.69) is 0 Å². The maximum absolute atomic E-state index is 8.36. The van der Waals surface area contributed by atoms with Crippen LogP contribution in [0, 0.1) is 0 Å². The second-order valence-corrected chi connectivity index (χ2v) is 0.614. The predicted octanol–water partition coefficient (Wildman–Crippen LogP) is -4.85. The van der Waals surface area contributed by atoms with Crippen molar-refractivity contribution in [3.8, 4) is 0 Å². The molecule has 0 fully saturated rings. The maximum atomic E-state index is 8.36. The van der Waals surface area contributed by atoms with Gasteiger partial charge in [0.1, 0.15) is 0 Å². The molecule has 0 aromatic heterocycles. The van der Waals surface area contributed by atoms with Crippen LogP contribution in [0.4, 0.5) is 0 Å². The fraction of sp³-hybridized carbons (Fsp3) is 0. The third-order valence-electron chi connectivity index (χ3n) is 0. The van der Waals surface area contributed by atoms with Crippen molar-refractivity contribution in [1.82, 2.24) is 0 Å². The molecule has 0 saturated heterocycles. The third-order valence-corrected chi connectivity index (χ3v) is 0. The average Bonchev–Trinajstić information content (AvgIpc) is 2.23. The Kier molecular flexibility index (Phi) is 647. The van der Waals surface area contributed by atoms with Gasteiger partial charge in [0, 0.05) is 34.0 Å². The van der Waals surface area contributed by atoms with Gasteiger partial charge in [0.25, 0.3) is 25.9 Å². The molecule has 0 aromatic carbocycles. The van der Waals surface area contributed by atoms with Gasteiger partial charge in [0.15, 0.2) is 0 Å². The van der Waals surface area contributed by atoms with E-state index in [1.165, 1.54) is 0 Å². The van der Waals surface area contributed by atoms with Crippen LogP contribution in [0.1, 0.15) is 0 Å². The standard InChI is InChI=1S/6CH2O2.Mg.Mo/c6*2-1-3;;/h6*1H,(H,2,3);;/q;;;;;;+2;/p-2. The first kappa shape index (κ1) is 51.7. The summed E-state index contributed by atoms with van der Waals surface area (Å²) < 4.78 is 0. The first-order valence-electron chi connectivity index (χ1n) is 2.92. The molecular weight excluding hydrogens is 384 g/mol. The normalized spacial score (nSPS) is 3.60. The molecular formula is C6H10MgMoO12. The van der Waals surface area contributed by atoms with E-state index >= 15 is 0 Å².